The Morgan fingerprint density at radius 3 is 2.71 bits per heavy atom. The Bertz CT molecular complexity index is 702. The van der Waals surface area contributed by atoms with Gasteiger partial charge in [-0.3, -0.25) is 0 Å². The van der Waals surface area contributed by atoms with Crippen LogP contribution in [0.1, 0.15) is 55.1 Å². The fraction of sp³-hybridized carbons (Fsp3) is 0.684. The van der Waals surface area contributed by atoms with Crippen molar-refractivity contribution < 1.29 is 8.42 Å². The molecule has 2 atom stereocenters. The molecule has 24 heavy (non-hydrogen) atoms. The molecular weight excluding hydrogens is 320 g/mol. The molecule has 0 bridgehead atoms. The quantitative estimate of drug-likeness (QED) is 0.912. The van der Waals surface area contributed by atoms with Gasteiger partial charge in [0.15, 0.2) is 0 Å². The van der Waals surface area contributed by atoms with E-state index in [0.29, 0.717) is 29.4 Å². The highest BCUT2D eigenvalue weighted by Crippen LogP contribution is 2.40. The molecule has 0 radical (unpaired) electrons. The number of hydrogen-bond acceptors (Lipinski definition) is 4. The van der Waals surface area contributed by atoms with Crippen LogP contribution >= 0.6 is 0 Å². The highest BCUT2D eigenvalue weighted by Gasteiger charge is 2.31. The number of sulfone groups is 1. The third-order valence-corrected chi connectivity index (χ3v) is 8.02. The van der Waals surface area contributed by atoms with Crippen LogP contribution in [0, 0.1) is 0 Å². The number of nitrogens with zero attached hydrogens (tertiary/aromatic N) is 1. The molecule has 3 aliphatic rings. The van der Waals surface area contributed by atoms with Gasteiger partial charge in [0, 0.05) is 24.2 Å². The van der Waals surface area contributed by atoms with Crippen molar-refractivity contribution >= 4 is 15.5 Å². The highest BCUT2D eigenvalue weighted by molar-refractivity contribution is 7.91. The highest BCUT2D eigenvalue weighted by atomic mass is 32.2. The molecule has 0 spiro atoms. The zero-order valence-corrected chi connectivity index (χ0v) is 15.3. The molecule has 5 heteroatoms. The van der Waals surface area contributed by atoms with E-state index in [1.165, 1.54) is 42.6 Å². The lowest BCUT2D eigenvalue weighted by atomic mass is 9.87. The van der Waals surface area contributed by atoms with E-state index in [0.717, 1.165) is 19.4 Å². The second-order valence-electron chi connectivity index (χ2n) is 7.86. The van der Waals surface area contributed by atoms with Crippen LogP contribution in [0.5, 0.6) is 0 Å². The smallest absolute Gasteiger partial charge is 0.150 e. The van der Waals surface area contributed by atoms with Crippen LogP contribution in [0.3, 0.4) is 0 Å². The van der Waals surface area contributed by atoms with E-state index in [1.807, 2.05) is 0 Å². The number of benzene rings is 1. The summed E-state index contributed by atoms with van der Waals surface area (Å²) in [5.41, 5.74) is 4.09. The summed E-state index contributed by atoms with van der Waals surface area (Å²) < 4.78 is 23.4. The molecule has 0 aromatic heterocycles. The lowest BCUT2D eigenvalue weighted by Crippen LogP contribution is -2.27. The second-order valence-corrected chi connectivity index (χ2v) is 10.2. The molecule has 4 rings (SSSR count). The molecule has 1 aromatic rings. The van der Waals surface area contributed by atoms with Crippen molar-refractivity contribution in [3.8, 4) is 0 Å². The maximum absolute atomic E-state index is 11.7. The molecule has 2 saturated heterocycles. The van der Waals surface area contributed by atoms with Crippen LogP contribution in [0.15, 0.2) is 18.2 Å². The fourth-order valence-electron chi connectivity index (χ4n) is 4.72. The van der Waals surface area contributed by atoms with Gasteiger partial charge >= 0.3 is 0 Å². The van der Waals surface area contributed by atoms with Gasteiger partial charge in [-0.15, -0.1) is 0 Å². The summed E-state index contributed by atoms with van der Waals surface area (Å²) in [7, 11) is -0.536. The topological polar surface area (TPSA) is 49.4 Å². The van der Waals surface area contributed by atoms with Crippen molar-refractivity contribution in [2.45, 2.75) is 50.0 Å². The summed E-state index contributed by atoms with van der Waals surface area (Å²) in [6.45, 7) is 2.27. The Morgan fingerprint density at radius 2 is 2.00 bits per heavy atom. The molecule has 132 valence electrons. The van der Waals surface area contributed by atoms with Gasteiger partial charge in [-0.25, -0.2) is 8.42 Å². The Morgan fingerprint density at radius 1 is 1.21 bits per heavy atom. The number of fused-ring (bicyclic) bond motifs is 1. The molecule has 1 unspecified atom stereocenters. The molecule has 1 N–H and O–H groups in total. The van der Waals surface area contributed by atoms with Gasteiger partial charge < -0.3 is 10.2 Å². The zero-order chi connectivity index (χ0) is 16.7. The summed E-state index contributed by atoms with van der Waals surface area (Å²) in [5.74, 6) is 1.71. The molecule has 0 saturated carbocycles. The van der Waals surface area contributed by atoms with Crippen molar-refractivity contribution in [1.29, 1.82) is 0 Å². The van der Waals surface area contributed by atoms with Crippen LogP contribution in [-0.2, 0) is 9.84 Å². The van der Waals surface area contributed by atoms with E-state index in [-0.39, 0.29) is 0 Å². The van der Waals surface area contributed by atoms with Crippen molar-refractivity contribution in [2.75, 3.05) is 37.0 Å². The van der Waals surface area contributed by atoms with Gasteiger partial charge in [0.1, 0.15) is 9.84 Å². The molecule has 3 heterocycles. The van der Waals surface area contributed by atoms with Crippen LogP contribution in [0.25, 0.3) is 0 Å². The van der Waals surface area contributed by atoms with Gasteiger partial charge in [-0.2, -0.15) is 0 Å². The van der Waals surface area contributed by atoms with Crippen LogP contribution in [0.2, 0.25) is 0 Å². The SMILES string of the molecule is CN1CCC[C@@H]1CC1CNc2ccc(C3CCS(=O)(=O)CC3)cc21. The number of nitrogens with one attached hydrogen (secondary N) is 1. The van der Waals surface area contributed by atoms with Crippen LogP contribution in [0.4, 0.5) is 5.69 Å². The third kappa shape index (κ3) is 3.21. The van der Waals surface area contributed by atoms with Gasteiger partial charge in [-0.1, -0.05) is 12.1 Å². The third-order valence-electron chi connectivity index (χ3n) is 6.31. The van der Waals surface area contributed by atoms with E-state index in [1.54, 1.807) is 0 Å². The number of rotatable bonds is 3. The van der Waals surface area contributed by atoms with Crippen LogP contribution in [-0.4, -0.2) is 51.0 Å². The normalized spacial score (nSPS) is 30.2. The molecule has 0 amide bonds. The lowest BCUT2D eigenvalue weighted by Gasteiger charge is -2.25. The van der Waals surface area contributed by atoms with E-state index >= 15 is 0 Å². The minimum absolute atomic E-state index is 0.350. The summed E-state index contributed by atoms with van der Waals surface area (Å²) in [4.78, 5) is 2.51. The first-order valence-corrected chi connectivity index (χ1v) is 11.1. The average Bonchev–Trinajstić information content (AvgIpc) is 3.14. The fourth-order valence-corrected chi connectivity index (χ4v) is 6.21. The Hall–Kier alpha value is -1.07. The molecule has 3 aliphatic heterocycles. The Labute approximate surface area is 145 Å². The molecular formula is C19H28N2O2S. The summed E-state index contributed by atoms with van der Waals surface area (Å²) in [5, 5.41) is 3.57. The Kier molecular flexibility index (Phi) is 4.33. The number of likely N-dealkylation sites (tertiary alicyclic amines) is 1. The number of hydrogen-bond donors (Lipinski definition) is 1. The Balaban J connectivity index is 1.51. The van der Waals surface area contributed by atoms with Crippen LogP contribution < -0.4 is 5.32 Å². The summed E-state index contributed by atoms with van der Waals surface area (Å²) in [6.07, 6.45) is 5.45. The largest absolute Gasteiger partial charge is 0.384 e. The molecule has 1 aromatic carbocycles. The van der Waals surface area contributed by atoms with E-state index in [2.05, 4.69) is 35.5 Å². The first kappa shape index (κ1) is 16.4. The zero-order valence-electron chi connectivity index (χ0n) is 14.5. The van der Waals surface area contributed by atoms with Gasteiger partial charge in [0.2, 0.25) is 0 Å². The number of anilines is 1. The maximum atomic E-state index is 11.7. The van der Waals surface area contributed by atoms with E-state index in [9.17, 15) is 8.42 Å². The molecule has 4 nitrogen and oxygen atoms in total. The monoisotopic (exact) mass is 348 g/mol. The first-order valence-electron chi connectivity index (χ1n) is 9.30. The first-order chi connectivity index (χ1) is 11.5. The van der Waals surface area contributed by atoms with Gasteiger partial charge in [0.25, 0.3) is 0 Å². The maximum Gasteiger partial charge on any atom is 0.150 e. The van der Waals surface area contributed by atoms with Crippen molar-refractivity contribution in [3.63, 3.8) is 0 Å². The predicted octanol–water partition coefficient (Wildman–Crippen LogP) is 2.97. The second kappa shape index (κ2) is 6.34. The van der Waals surface area contributed by atoms with E-state index < -0.39 is 9.84 Å². The standard InChI is InChI=1S/C19H28N2O2S/c1-21-8-2-3-17(21)11-16-13-20-19-5-4-15(12-18(16)19)14-6-9-24(22,23)10-7-14/h4-5,12,14,16-17,20H,2-3,6-11,13H2,1H3/t16?,17-/m1/s1. The predicted molar refractivity (Wildman–Crippen MR) is 98.6 cm³/mol. The van der Waals surface area contributed by atoms with Crippen molar-refractivity contribution in [2.24, 2.45) is 0 Å². The van der Waals surface area contributed by atoms with E-state index in [4.69, 9.17) is 0 Å². The minimum Gasteiger partial charge on any atom is -0.384 e. The molecule has 0 aliphatic carbocycles. The molecule has 2 fully saturated rings. The van der Waals surface area contributed by atoms with Crippen molar-refractivity contribution in [3.05, 3.63) is 29.3 Å². The van der Waals surface area contributed by atoms with Gasteiger partial charge in [0.05, 0.1) is 11.5 Å². The minimum atomic E-state index is -2.79. The average molecular weight is 349 g/mol. The van der Waals surface area contributed by atoms with Gasteiger partial charge in [-0.05, 0) is 68.8 Å². The van der Waals surface area contributed by atoms with Crippen molar-refractivity contribution in [1.82, 2.24) is 4.90 Å². The summed E-state index contributed by atoms with van der Waals surface area (Å²) >= 11 is 0. The lowest BCUT2D eigenvalue weighted by molar-refractivity contribution is 0.285. The summed E-state index contributed by atoms with van der Waals surface area (Å²) in [6, 6.07) is 7.51.